The van der Waals surface area contributed by atoms with Crippen molar-refractivity contribution >= 4 is 17.3 Å². The number of aromatic nitrogens is 4. The molecule has 0 saturated heterocycles. The van der Waals surface area contributed by atoms with Crippen LogP contribution in [0.15, 0.2) is 18.2 Å². The number of rotatable bonds is 1. The second kappa shape index (κ2) is 2.94. The number of nitrogens with one attached hydrogen (secondary N) is 1. The van der Waals surface area contributed by atoms with Crippen LogP contribution in [0.4, 0.5) is 17.3 Å². The number of H-pyrrole nitrogens is 1. The van der Waals surface area contributed by atoms with Crippen LogP contribution in [-0.2, 0) is 6.42 Å². The summed E-state index contributed by atoms with van der Waals surface area (Å²) >= 11 is 0. The van der Waals surface area contributed by atoms with Crippen LogP contribution in [0.5, 0.6) is 0 Å². The molecule has 76 valence electrons. The Morgan fingerprint density at radius 3 is 3.13 bits per heavy atom. The zero-order valence-electron chi connectivity index (χ0n) is 8.01. The average molecular weight is 202 g/mol. The third-order valence-corrected chi connectivity index (χ3v) is 2.58. The highest BCUT2D eigenvalue weighted by molar-refractivity contribution is 5.69. The average Bonchev–Trinajstić information content (AvgIpc) is 2.83. The van der Waals surface area contributed by atoms with Crippen LogP contribution in [-0.4, -0.2) is 27.2 Å². The van der Waals surface area contributed by atoms with Gasteiger partial charge in [-0.1, -0.05) is 11.2 Å². The van der Waals surface area contributed by atoms with E-state index < -0.39 is 0 Å². The molecule has 0 saturated carbocycles. The van der Waals surface area contributed by atoms with Crippen molar-refractivity contribution in [2.75, 3.05) is 17.2 Å². The SMILES string of the molecule is Nc1ccc2c(c1)N(c1nn[nH]n1)CC2. The summed E-state index contributed by atoms with van der Waals surface area (Å²) in [6.07, 6.45) is 0.990. The zero-order valence-corrected chi connectivity index (χ0v) is 8.01. The summed E-state index contributed by atoms with van der Waals surface area (Å²) in [4.78, 5) is 2.01. The van der Waals surface area contributed by atoms with E-state index in [1.54, 1.807) is 0 Å². The van der Waals surface area contributed by atoms with Crippen molar-refractivity contribution in [3.63, 3.8) is 0 Å². The van der Waals surface area contributed by atoms with Crippen LogP contribution in [0.1, 0.15) is 5.56 Å². The molecule has 6 heteroatoms. The predicted octanol–water partition coefficient (Wildman–Crippen LogP) is 0.476. The zero-order chi connectivity index (χ0) is 10.3. The van der Waals surface area contributed by atoms with E-state index in [0.717, 1.165) is 24.3 Å². The van der Waals surface area contributed by atoms with Gasteiger partial charge in [0, 0.05) is 17.9 Å². The van der Waals surface area contributed by atoms with Gasteiger partial charge in [-0.25, -0.2) is 0 Å². The fourth-order valence-corrected chi connectivity index (χ4v) is 1.87. The third kappa shape index (κ3) is 1.22. The Hall–Kier alpha value is -2.11. The first-order valence-electron chi connectivity index (χ1n) is 4.74. The second-order valence-electron chi connectivity index (χ2n) is 3.50. The lowest BCUT2D eigenvalue weighted by molar-refractivity contribution is 0.881. The Kier molecular flexibility index (Phi) is 1.61. The van der Waals surface area contributed by atoms with Crippen LogP contribution in [0, 0.1) is 0 Å². The van der Waals surface area contributed by atoms with Crippen molar-refractivity contribution in [3.8, 4) is 0 Å². The molecule has 3 rings (SSSR count). The van der Waals surface area contributed by atoms with Crippen molar-refractivity contribution in [3.05, 3.63) is 23.8 Å². The number of hydrogen-bond acceptors (Lipinski definition) is 5. The number of nitrogen functional groups attached to an aromatic ring is 1. The number of fused-ring (bicyclic) bond motifs is 1. The number of benzene rings is 1. The fourth-order valence-electron chi connectivity index (χ4n) is 1.87. The van der Waals surface area contributed by atoms with Crippen molar-refractivity contribution in [1.29, 1.82) is 0 Å². The van der Waals surface area contributed by atoms with Gasteiger partial charge in [-0.3, -0.25) is 0 Å². The van der Waals surface area contributed by atoms with Gasteiger partial charge in [0.15, 0.2) is 0 Å². The smallest absolute Gasteiger partial charge is 0.270 e. The molecular formula is C9H10N6. The molecule has 1 aromatic carbocycles. The van der Waals surface area contributed by atoms with Gasteiger partial charge < -0.3 is 10.6 Å². The molecule has 0 radical (unpaired) electrons. The highest BCUT2D eigenvalue weighted by atomic mass is 15.5. The Morgan fingerprint density at radius 2 is 2.33 bits per heavy atom. The van der Waals surface area contributed by atoms with E-state index in [0.29, 0.717) is 5.95 Å². The molecule has 0 unspecified atom stereocenters. The molecule has 0 spiro atoms. The van der Waals surface area contributed by atoms with E-state index in [1.165, 1.54) is 5.56 Å². The molecule has 1 aromatic heterocycles. The Bertz CT molecular complexity index is 477. The van der Waals surface area contributed by atoms with Gasteiger partial charge in [-0.2, -0.15) is 5.21 Å². The molecular weight excluding hydrogens is 192 g/mol. The second-order valence-corrected chi connectivity index (χ2v) is 3.50. The van der Waals surface area contributed by atoms with Crippen molar-refractivity contribution in [1.82, 2.24) is 20.6 Å². The van der Waals surface area contributed by atoms with Crippen molar-refractivity contribution in [2.45, 2.75) is 6.42 Å². The molecule has 0 aliphatic carbocycles. The number of hydrogen-bond donors (Lipinski definition) is 2. The predicted molar refractivity (Wildman–Crippen MR) is 55.7 cm³/mol. The van der Waals surface area contributed by atoms with Crippen LogP contribution in [0.25, 0.3) is 0 Å². The molecule has 2 aromatic rings. The van der Waals surface area contributed by atoms with Gasteiger partial charge in [0.25, 0.3) is 5.95 Å². The maximum absolute atomic E-state index is 5.76. The number of anilines is 3. The van der Waals surface area contributed by atoms with Gasteiger partial charge in [-0.05, 0) is 29.3 Å². The Morgan fingerprint density at radius 1 is 1.40 bits per heavy atom. The summed E-state index contributed by atoms with van der Waals surface area (Å²) < 4.78 is 0. The van der Waals surface area contributed by atoms with Crippen LogP contribution in [0.2, 0.25) is 0 Å². The van der Waals surface area contributed by atoms with Crippen LogP contribution in [0.3, 0.4) is 0 Å². The summed E-state index contributed by atoms with van der Waals surface area (Å²) in [6.45, 7) is 0.873. The minimum atomic E-state index is 0.597. The fraction of sp³-hybridized carbons (Fsp3) is 0.222. The van der Waals surface area contributed by atoms with Crippen molar-refractivity contribution in [2.24, 2.45) is 0 Å². The quantitative estimate of drug-likeness (QED) is 0.657. The maximum Gasteiger partial charge on any atom is 0.270 e. The molecule has 1 aliphatic heterocycles. The van der Waals surface area contributed by atoms with Gasteiger partial charge >= 0.3 is 0 Å². The number of aromatic amines is 1. The maximum atomic E-state index is 5.76. The first kappa shape index (κ1) is 8.22. The van der Waals surface area contributed by atoms with Crippen molar-refractivity contribution < 1.29 is 0 Å². The number of nitrogens with two attached hydrogens (primary N) is 1. The molecule has 15 heavy (non-hydrogen) atoms. The molecule has 6 nitrogen and oxygen atoms in total. The van der Waals surface area contributed by atoms with E-state index in [9.17, 15) is 0 Å². The van der Waals surface area contributed by atoms with E-state index in [2.05, 4.69) is 20.6 Å². The summed E-state index contributed by atoms with van der Waals surface area (Å²) in [5.74, 6) is 0.597. The lowest BCUT2D eigenvalue weighted by atomic mass is 10.1. The summed E-state index contributed by atoms with van der Waals surface area (Å²) in [7, 11) is 0. The molecule has 0 atom stereocenters. The topological polar surface area (TPSA) is 83.7 Å². The van der Waals surface area contributed by atoms with Crippen LogP contribution < -0.4 is 10.6 Å². The van der Waals surface area contributed by atoms with Crippen LogP contribution >= 0.6 is 0 Å². The highest BCUT2D eigenvalue weighted by Gasteiger charge is 2.22. The molecule has 0 fully saturated rings. The molecule has 3 N–H and O–H groups in total. The first-order chi connectivity index (χ1) is 7.34. The Balaban J connectivity index is 2.08. The first-order valence-corrected chi connectivity index (χ1v) is 4.74. The monoisotopic (exact) mass is 202 g/mol. The van der Waals surface area contributed by atoms with Gasteiger partial charge in [0.1, 0.15) is 0 Å². The van der Waals surface area contributed by atoms with E-state index in [1.807, 2.05) is 23.1 Å². The number of nitrogens with zero attached hydrogens (tertiary/aromatic N) is 4. The summed E-state index contributed by atoms with van der Waals surface area (Å²) in [5.41, 5.74) is 8.86. The number of tetrazole rings is 1. The Labute approximate surface area is 86.1 Å². The molecule has 0 bridgehead atoms. The third-order valence-electron chi connectivity index (χ3n) is 2.58. The van der Waals surface area contributed by atoms with E-state index in [4.69, 9.17) is 5.73 Å². The van der Waals surface area contributed by atoms with E-state index >= 15 is 0 Å². The molecule has 2 heterocycles. The van der Waals surface area contributed by atoms with Gasteiger partial charge in [0.2, 0.25) is 0 Å². The lowest BCUT2D eigenvalue weighted by Crippen LogP contribution is -2.14. The molecule has 1 aliphatic rings. The van der Waals surface area contributed by atoms with E-state index in [-0.39, 0.29) is 0 Å². The minimum Gasteiger partial charge on any atom is -0.399 e. The highest BCUT2D eigenvalue weighted by Crippen LogP contribution is 2.33. The standard InChI is InChI=1S/C9H10N6/c10-7-2-1-6-3-4-15(8(6)5-7)9-11-13-14-12-9/h1-2,5H,3-4,10H2,(H,11,12,13,14). The largest absolute Gasteiger partial charge is 0.399 e. The van der Waals surface area contributed by atoms with Gasteiger partial charge in [0.05, 0.1) is 0 Å². The van der Waals surface area contributed by atoms with Gasteiger partial charge in [-0.15, -0.1) is 5.10 Å². The lowest BCUT2D eigenvalue weighted by Gasteiger charge is -2.13. The normalized spacial score (nSPS) is 14.3. The molecule has 0 amide bonds. The minimum absolute atomic E-state index is 0.597. The summed E-state index contributed by atoms with van der Waals surface area (Å²) in [6, 6.07) is 5.90. The summed E-state index contributed by atoms with van der Waals surface area (Å²) in [5, 5.41) is 13.9.